The fourth-order valence-corrected chi connectivity index (χ4v) is 6.49. The molecule has 0 amide bonds. The second-order valence-corrected chi connectivity index (χ2v) is 9.04. The highest BCUT2D eigenvalue weighted by atomic mass is 35.5. The van der Waals surface area contributed by atoms with E-state index in [-0.39, 0.29) is 26.9 Å². The van der Waals surface area contributed by atoms with Crippen molar-refractivity contribution in [3.63, 3.8) is 0 Å². The molecule has 0 bridgehead atoms. The second-order valence-electron chi connectivity index (χ2n) is 6.33. The van der Waals surface area contributed by atoms with Gasteiger partial charge in [-0.1, -0.05) is 36.0 Å². The molecule has 0 radical (unpaired) electrons. The summed E-state index contributed by atoms with van der Waals surface area (Å²) in [6, 6.07) is 3.25. The first kappa shape index (κ1) is 18.0. The van der Waals surface area contributed by atoms with Gasteiger partial charge < -0.3 is 4.74 Å². The van der Waals surface area contributed by atoms with Crippen molar-refractivity contribution in [3.8, 4) is 0 Å². The van der Waals surface area contributed by atoms with Gasteiger partial charge in [0.2, 0.25) is 10.0 Å². The average molecular weight is 392 g/mol. The third-order valence-electron chi connectivity index (χ3n) is 4.91. The number of esters is 1. The summed E-state index contributed by atoms with van der Waals surface area (Å²) in [6.07, 6.45) is 4.21. The Morgan fingerprint density at radius 2 is 1.79 bits per heavy atom. The quantitative estimate of drug-likeness (QED) is 0.739. The van der Waals surface area contributed by atoms with Gasteiger partial charge in [-0.15, -0.1) is 0 Å². The lowest BCUT2D eigenvalue weighted by molar-refractivity contribution is -0.144. The maximum absolute atomic E-state index is 13.2. The molecule has 3 unspecified atom stereocenters. The highest BCUT2D eigenvalue weighted by Gasteiger charge is 2.51. The molecule has 5 nitrogen and oxygen atoms in total. The summed E-state index contributed by atoms with van der Waals surface area (Å²) >= 11 is 11.9. The summed E-state index contributed by atoms with van der Waals surface area (Å²) in [6.45, 7) is 0. The predicted octanol–water partition coefficient (Wildman–Crippen LogP) is 3.49. The molecule has 1 aromatic carbocycles. The van der Waals surface area contributed by atoms with Gasteiger partial charge in [-0.3, -0.25) is 4.79 Å². The lowest BCUT2D eigenvalue weighted by Crippen LogP contribution is -2.46. The Morgan fingerprint density at radius 3 is 2.42 bits per heavy atom. The van der Waals surface area contributed by atoms with Crippen LogP contribution in [0.2, 0.25) is 10.0 Å². The van der Waals surface area contributed by atoms with Gasteiger partial charge in [0.1, 0.15) is 6.04 Å². The molecule has 0 spiro atoms. The van der Waals surface area contributed by atoms with Crippen LogP contribution in [0.25, 0.3) is 0 Å². The van der Waals surface area contributed by atoms with E-state index in [0.717, 1.165) is 25.7 Å². The van der Waals surface area contributed by atoms with Crippen LogP contribution in [0.4, 0.5) is 0 Å². The molecule has 3 rings (SSSR count). The second kappa shape index (κ2) is 6.83. The van der Waals surface area contributed by atoms with Crippen molar-refractivity contribution in [2.45, 2.75) is 49.1 Å². The summed E-state index contributed by atoms with van der Waals surface area (Å²) < 4.78 is 32.6. The van der Waals surface area contributed by atoms with Crippen LogP contribution in [0.5, 0.6) is 0 Å². The molecule has 2 fully saturated rings. The molecule has 1 aliphatic carbocycles. The third-order valence-corrected chi connectivity index (χ3v) is 7.26. The minimum Gasteiger partial charge on any atom is -0.468 e. The first-order valence-electron chi connectivity index (χ1n) is 7.92. The van der Waals surface area contributed by atoms with Crippen LogP contribution in [0.3, 0.4) is 0 Å². The van der Waals surface area contributed by atoms with Crippen LogP contribution in [0.1, 0.15) is 32.1 Å². The molecule has 24 heavy (non-hydrogen) atoms. The minimum absolute atomic E-state index is 0.0140. The zero-order chi connectivity index (χ0) is 17.5. The molecule has 2 aliphatic rings. The van der Waals surface area contributed by atoms with E-state index in [4.69, 9.17) is 27.9 Å². The van der Waals surface area contributed by atoms with Gasteiger partial charge in [0, 0.05) is 16.1 Å². The maximum Gasteiger partial charge on any atom is 0.324 e. The van der Waals surface area contributed by atoms with Crippen molar-refractivity contribution in [2.24, 2.45) is 5.92 Å². The molecule has 8 heteroatoms. The predicted molar refractivity (Wildman–Crippen MR) is 91.7 cm³/mol. The van der Waals surface area contributed by atoms with E-state index in [1.807, 2.05) is 0 Å². The van der Waals surface area contributed by atoms with E-state index in [0.29, 0.717) is 6.42 Å². The monoisotopic (exact) mass is 391 g/mol. The van der Waals surface area contributed by atoms with Crippen LogP contribution in [-0.2, 0) is 19.6 Å². The number of nitrogens with zero attached hydrogens (tertiary/aromatic N) is 1. The Labute approximate surface area is 151 Å². The fourth-order valence-electron chi connectivity index (χ4n) is 3.90. The smallest absolute Gasteiger partial charge is 0.324 e. The largest absolute Gasteiger partial charge is 0.468 e. The van der Waals surface area contributed by atoms with E-state index in [9.17, 15) is 13.2 Å². The number of benzene rings is 1. The molecule has 132 valence electrons. The molecule has 0 N–H and O–H groups in total. The maximum atomic E-state index is 13.2. The number of rotatable bonds is 3. The van der Waals surface area contributed by atoms with Gasteiger partial charge in [0.15, 0.2) is 0 Å². The zero-order valence-corrected chi connectivity index (χ0v) is 15.6. The number of ether oxygens (including phenoxy) is 1. The highest BCUT2D eigenvalue weighted by Crippen LogP contribution is 2.43. The van der Waals surface area contributed by atoms with Crippen molar-refractivity contribution in [2.75, 3.05) is 7.11 Å². The number of halogens is 2. The SMILES string of the molecule is COC(=O)C1CC2CCCCC2N1S(=O)(=O)c1cc(Cl)cc(Cl)c1. The van der Waals surface area contributed by atoms with Crippen LogP contribution in [0.15, 0.2) is 23.1 Å². The van der Waals surface area contributed by atoms with Crippen LogP contribution < -0.4 is 0 Å². The van der Waals surface area contributed by atoms with E-state index in [2.05, 4.69) is 0 Å². The first-order chi connectivity index (χ1) is 11.3. The number of fused-ring (bicyclic) bond motifs is 1. The molecule has 3 atom stereocenters. The normalized spacial score (nSPS) is 27.7. The lowest BCUT2D eigenvalue weighted by atomic mass is 9.85. The molecular weight excluding hydrogens is 373 g/mol. The van der Waals surface area contributed by atoms with Crippen molar-refractivity contribution in [1.82, 2.24) is 4.31 Å². The van der Waals surface area contributed by atoms with E-state index in [1.165, 1.54) is 29.6 Å². The fraction of sp³-hybridized carbons (Fsp3) is 0.562. The van der Waals surface area contributed by atoms with Crippen molar-refractivity contribution in [1.29, 1.82) is 0 Å². The number of methoxy groups -OCH3 is 1. The standard InChI is InChI=1S/C16H19Cl2NO4S/c1-23-16(20)15-6-10-4-2-3-5-14(10)19(15)24(21,22)13-8-11(17)7-12(18)9-13/h7-10,14-15H,2-6H2,1H3. The van der Waals surface area contributed by atoms with Gasteiger partial charge >= 0.3 is 5.97 Å². The summed E-state index contributed by atoms with van der Waals surface area (Å²) in [5.74, 6) is -0.326. The first-order valence-corrected chi connectivity index (χ1v) is 10.1. The number of hydrogen-bond acceptors (Lipinski definition) is 4. The molecule has 1 aliphatic heterocycles. The molecule has 1 heterocycles. The molecular formula is C16H19Cl2NO4S. The Bertz CT molecular complexity index is 732. The summed E-state index contributed by atoms with van der Waals surface area (Å²) in [7, 11) is -2.61. The minimum atomic E-state index is -3.89. The van der Waals surface area contributed by atoms with Crippen LogP contribution >= 0.6 is 23.2 Å². The third kappa shape index (κ3) is 3.17. The highest BCUT2D eigenvalue weighted by molar-refractivity contribution is 7.89. The molecule has 1 aromatic rings. The van der Waals surface area contributed by atoms with Gasteiger partial charge in [-0.25, -0.2) is 8.42 Å². The summed E-state index contributed by atoms with van der Waals surface area (Å²) in [4.78, 5) is 12.2. The van der Waals surface area contributed by atoms with Crippen molar-refractivity contribution in [3.05, 3.63) is 28.2 Å². The Kier molecular flexibility index (Phi) is 5.12. The number of sulfonamides is 1. The zero-order valence-electron chi connectivity index (χ0n) is 13.2. The number of carbonyl (C=O) groups excluding carboxylic acids is 1. The van der Waals surface area contributed by atoms with Crippen molar-refractivity contribution >= 4 is 39.2 Å². The Hall–Kier alpha value is -0.820. The van der Waals surface area contributed by atoms with E-state index in [1.54, 1.807) is 0 Å². The van der Waals surface area contributed by atoms with Gasteiger partial charge in [-0.2, -0.15) is 4.31 Å². The summed E-state index contributed by atoms with van der Waals surface area (Å²) in [5.41, 5.74) is 0. The average Bonchev–Trinajstić information content (AvgIpc) is 2.93. The molecule has 1 saturated heterocycles. The number of carbonyl (C=O) groups is 1. The van der Waals surface area contributed by atoms with Crippen LogP contribution in [-0.4, -0.2) is 37.9 Å². The lowest BCUT2D eigenvalue weighted by Gasteiger charge is -2.32. The number of hydrogen-bond donors (Lipinski definition) is 0. The topological polar surface area (TPSA) is 63.7 Å². The molecule has 1 saturated carbocycles. The van der Waals surface area contributed by atoms with E-state index < -0.39 is 22.0 Å². The summed E-state index contributed by atoms with van der Waals surface area (Å²) in [5, 5.41) is 0.491. The van der Waals surface area contributed by atoms with Crippen molar-refractivity contribution < 1.29 is 17.9 Å². The van der Waals surface area contributed by atoms with E-state index >= 15 is 0 Å². The van der Waals surface area contributed by atoms with Crippen LogP contribution in [0, 0.1) is 5.92 Å². The van der Waals surface area contributed by atoms with Gasteiger partial charge in [0.05, 0.1) is 12.0 Å². The Morgan fingerprint density at radius 1 is 1.17 bits per heavy atom. The Balaban J connectivity index is 2.06. The van der Waals surface area contributed by atoms with Gasteiger partial charge in [0.25, 0.3) is 0 Å². The van der Waals surface area contributed by atoms with Gasteiger partial charge in [-0.05, 0) is 43.4 Å². The molecule has 0 aromatic heterocycles.